The van der Waals surface area contributed by atoms with Gasteiger partial charge in [-0.15, -0.1) is 0 Å². The van der Waals surface area contributed by atoms with E-state index in [1.54, 1.807) is 0 Å². The van der Waals surface area contributed by atoms with Gasteiger partial charge in [0.2, 0.25) is 0 Å². The van der Waals surface area contributed by atoms with E-state index in [1.807, 2.05) is 0 Å². The molecule has 2 fully saturated rings. The van der Waals surface area contributed by atoms with E-state index in [1.165, 1.54) is 45.2 Å². The van der Waals surface area contributed by atoms with Gasteiger partial charge in [-0.3, -0.25) is 4.90 Å². The second-order valence-electron chi connectivity index (χ2n) is 6.64. The number of unbranched alkanes of at least 4 members (excludes halogenated alkanes) is 1. The number of nitrogens with one attached hydrogen (secondary N) is 1. The monoisotopic (exact) mass is 268 g/mol. The van der Waals surface area contributed by atoms with Gasteiger partial charge in [-0.1, -0.05) is 20.3 Å². The minimum Gasteiger partial charge on any atom is -0.380 e. The molecule has 112 valence electrons. The van der Waals surface area contributed by atoms with E-state index in [2.05, 4.69) is 31.0 Å². The fraction of sp³-hybridized carbons (Fsp3) is 1.00. The van der Waals surface area contributed by atoms with Gasteiger partial charge in [0.05, 0.1) is 6.61 Å². The summed E-state index contributed by atoms with van der Waals surface area (Å²) < 4.78 is 5.77. The second-order valence-corrected chi connectivity index (χ2v) is 6.64. The highest BCUT2D eigenvalue weighted by Crippen LogP contribution is 2.37. The van der Waals surface area contributed by atoms with Crippen LogP contribution < -0.4 is 5.32 Å². The third kappa shape index (κ3) is 4.44. The summed E-state index contributed by atoms with van der Waals surface area (Å²) in [4.78, 5) is 2.70. The molecule has 1 aliphatic heterocycles. The first kappa shape index (κ1) is 15.3. The topological polar surface area (TPSA) is 24.5 Å². The Morgan fingerprint density at radius 1 is 1.26 bits per heavy atom. The van der Waals surface area contributed by atoms with Crippen LogP contribution in [0.3, 0.4) is 0 Å². The summed E-state index contributed by atoms with van der Waals surface area (Å²) >= 11 is 0. The molecule has 2 aliphatic rings. The molecule has 19 heavy (non-hydrogen) atoms. The zero-order valence-electron chi connectivity index (χ0n) is 13.1. The van der Waals surface area contributed by atoms with Crippen LogP contribution in [0.25, 0.3) is 0 Å². The fourth-order valence-electron chi connectivity index (χ4n) is 3.06. The van der Waals surface area contributed by atoms with Gasteiger partial charge >= 0.3 is 0 Å². The van der Waals surface area contributed by atoms with Crippen molar-refractivity contribution in [1.29, 1.82) is 0 Å². The quantitative estimate of drug-likeness (QED) is 0.685. The molecule has 1 N–H and O–H groups in total. The standard InChI is InChI=1S/C16H32N2O/c1-4-6-10-19-11-9-18-13-16(3,5-2)17-12-15(18)14-7-8-14/h14-15,17H,4-13H2,1-3H3. The molecular weight excluding hydrogens is 236 g/mol. The maximum atomic E-state index is 5.77. The van der Waals surface area contributed by atoms with E-state index in [9.17, 15) is 0 Å². The number of hydrogen-bond donors (Lipinski definition) is 1. The molecule has 0 aromatic rings. The van der Waals surface area contributed by atoms with Crippen LogP contribution in [0.1, 0.15) is 52.9 Å². The summed E-state index contributed by atoms with van der Waals surface area (Å²) in [6, 6.07) is 0.759. The van der Waals surface area contributed by atoms with E-state index < -0.39 is 0 Å². The van der Waals surface area contributed by atoms with Gasteiger partial charge in [-0.05, 0) is 38.5 Å². The van der Waals surface area contributed by atoms with Gasteiger partial charge < -0.3 is 10.1 Å². The Labute approximate surface area is 119 Å². The number of rotatable bonds is 8. The Kier molecular flexibility index (Phi) is 5.67. The van der Waals surface area contributed by atoms with Crippen molar-refractivity contribution in [1.82, 2.24) is 10.2 Å². The Balaban J connectivity index is 1.78. The molecule has 3 heteroatoms. The Morgan fingerprint density at radius 3 is 2.68 bits per heavy atom. The van der Waals surface area contributed by atoms with Crippen molar-refractivity contribution in [3.05, 3.63) is 0 Å². The summed E-state index contributed by atoms with van der Waals surface area (Å²) in [5.74, 6) is 0.949. The normalized spacial score (nSPS) is 32.7. The third-order valence-corrected chi connectivity index (χ3v) is 4.87. The molecule has 2 unspecified atom stereocenters. The van der Waals surface area contributed by atoms with Gasteiger partial charge in [0.15, 0.2) is 0 Å². The zero-order valence-corrected chi connectivity index (χ0v) is 13.1. The van der Waals surface area contributed by atoms with Gasteiger partial charge in [0.1, 0.15) is 0 Å². The van der Waals surface area contributed by atoms with Crippen LogP contribution in [0.2, 0.25) is 0 Å². The molecule has 0 spiro atoms. The van der Waals surface area contributed by atoms with Crippen molar-refractivity contribution in [3.8, 4) is 0 Å². The molecule has 0 radical (unpaired) electrons. The average Bonchev–Trinajstić information content (AvgIpc) is 3.23. The van der Waals surface area contributed by atoms with Crippen LogP contribution >= 0.6 is 0 Å². The predicted octanol–water partition coefficient (Wildman–Crippen LogP) is 2.66. The lowest BCUT2D eigenvalue weighted by Crippen LogP contribution is -2.63. The molecule has 0 bridgehead atoms. The Morgan fingerprint density at radius 2 is 2.05 bits per heavy atom. The number of ether oxygens (including phenoxy) is 1. The lowest BCUT2D eigenvalue weighted by Gasteiger charge is -2.46. The molecular formula is C16H32N2O. The molecule has 1 saturated heterocycles. The van der Waals surface area contributed by atoms with Crippen LogP contribution in [0.4, 0.5) is 0 Å². The van der Waals surface area contributed by atoms with E-state index in [4.69, 9.17) is 4.74 Å². The van der Waals surface area contributed by atoms with E-state index in [0.717, 1.165) is 31.7 Å². The summed E-state index contributed by atoms with van der Waals surface area (Å²) in [7, 11) is 0. The number of hydrogen-bond acceptors (Lipinski definition) is 3. The summed E-state index contributed by atoms with van der Waals surface area (Å²) in [6.07, 6.45) is 6.49. The second kappa shape index (κ2) is 7.05. The molecule has 0 aromatic carbocycles. The number of nitrogens with zero attached hydrogens (tertiary/aromatic N) is 1. The average molecular weight is 268 g/mol. The maximum Gasteiger partial charge on any atom is 0.0593 e. The molecule has 0 amide bonds. The molecule has 1 saturated carbocycles. The van der Waals surface area contributed by atoms with Crippen LogP contribution in [0, 0.1) is 5.92 Å². The smallest absolute Gasteiger partial charge is 0.0593 e. The fourth-order valence-corrected chi connectivity index (χ4v) is 3.06. The van der Waals surface area contributed by atoms with Crippen molar-refractivity contribution in [3.63, 3.8) is 0 Å². The number of piperazine rings is 1. The highest BCUT2D eigenvalue weighted by molar-refractivity contribution is 4.99. The summed E-state index contributed by atoms with van der Waals surface area (Å²) in [5, 5.41) is 3.77. The largest absolute Gasteiger partial charge is 0.380 e. The van der Waals surface area contributed by atoms with Crippen LogP contribution in [0.15, 0.2) is 0 Å². The van der Waals surface area contributed by atoms with Gasteiger partial charge in [-0.25, -0.2) is 0 Å². The first-order valence-electron chi connectivity index (χ1n) is 8.25. The highest BCUT2D eigenvalue weighted by Gasteiger charge is 2.41. The SMILES string of the molecule is CCCCOCCN1CC(C)(CC)NCC1C1CC1. The van der Waals surface area contributed by atoms with Gasteiger partial charge in [0.25, 0.3) is 0 Å². The Bertz CT molecular complexity index is 267. The highest BCUT2D eigenvalue weighted by atomic mass is 16.5. The van der Waals surface area contributed by atoms with Crippen molar-refractivity contribution >= 4 is 0 Å². The zero-order chi connectivity index (χ0) is 13.7. The van der Waals surface area contributed by atoms with Crippen LogP contribution in [-0.4, -0.2) is 49.3 Å². The van der Waals surface area contributed by atoms with E-state index in [0.29, 0.717) is 5.54 Å². The maximum absolute atomic E-state index is 5.77. The minimum absolute atomic E-state index is 0.300. The molecule has 1 aliphatic carbocycles. The first-order chi connectivity index (χ1) is 9.18. The van der Waals surface area contributed by atoms with Gasteiger partial charge in [0, 0.05) is 37.8 Å². The van der Waals surface area contributed by atoms with Crippen molar-refractivity contribution in [2.45, 2.75) is 64.5 Å². The van der Waals surface area contributed by atoms with Crippen molar-refractivity contribution in [2.24, 2.45) is 5.92 Å². The lowest BCUT2D eigenvalue weighted by molar-refractivity contribution is 0.0358. The van der Waals surface area contributed by atoms with Crippen molar-refractivity contribution < 1.29 is 4.74 Å². The lowest BCUT2D eigenvalue weighted by atomic mass is 9.92. The molecule has 3 nitrogen and oxygen atoms in total. The van der Waals surface area contributed by atoms with Crippen molar-refractivity contribution in [2.75, 3.05) is 32.8 Å². The van der Waals surface area contributed by atoms with E-state index in [-0.39, 0.29) is 0 Å². The summed E-state index contributed by atoms with van der Waals surface area (Å²) in [5.41, 5.74) is 0.300. The molecule has 2 atom stereocenters. The van der Waals surface area contributed by atoms with E-state index >= 15 is 0 Å². The third-order valence-electron chi connectivity index (χ3n) is 4.87. The molecule has 1 heterocycles. The first-order valence-corrected chi connectivity index (χ1v) is 8.25. The van der Waals surface area contributed by atoms with Gasteiger partial charge in [-0.2, -0.15) is 0 Å². The predicted molar refractivity (Wildman–Crippen MR) is 80.5 cm³/mol. The van der Waals surface area contributed by atoms with Crippen LogP contribution in [-0.2, 0) is 4.74 Å². The molecule has 2 rings (SSSR count). The molecule has 0 aromatic heterocycles. The Hall–Kier alpha value is -0.120. The minimum atomic E-state index is 0.300. The van der Waals surface area contributed by atoms with Crippen LogP contribution in [0.5, 0.6) is 0 Å². The summed E-state index contributed by atoms with van der Waals surface area (Å²) in [6.45, 7) is 12.2.